The summed E-state index contributed by atoms with van der Waals surface area (Å²) in [6, 6.07) is 0. The Morgan fingerprint density at radius 2 is 1.38 bits per heavy atom. The summed E-state index contributed by atoms with van der Waals surface area (Å²) < 4.78 is 57.9. The monoisotopic (exact) mass is 442 g/mol. The quantitative estimate of drug-likeness (QED) is 0.190. The summed E-state index contributed by atoms with van der Waals surface area (Å²) in [7, 11) is 5.26. The fourth-order valence-corrected chi connectivity index (χ4v) is 2.25. The number of phosphoric acid groups is 1. The molecule has 0 saturated carbocycles. The fraction of sp³-hybridized carbons (Fsp3) is 0.846. The van der Waals surface area contributed by atoms with E-state index >= 15 is 0 Å². The Kier molecular flexibility index (Phi) is 11.2. The third-order valence-electron chi connectivity index (χ3n) is 2.51. The van der Waals surface area contributed by atoms with E-state index in [0.717, 1.165) is 0 Å². The minimum atomic E-state index is -5.06. The molecule has 0 fully saturated rings. The van der Waals surface area contributed by atoms with Crippen LogP contribution in [0, 0.1) is 0 Å². The molecule has 0 aromatic heterocycles. The molecule has 4 radical (unpaired) electrons. The van der Waals surface area contributed by atoms with Crippen LogP contribution in [0.2, 0.25) is 0 Å². The molecule has 0 rings (SSSR count). The van der Waals surface area contributed by atoms with Gasteiger partial charge in [0.25, 0.3) is 0 Å². The molecule has 0 heterocycles. The maximum absolute atomic E-state index is 13.8. The highest BCUT2D eigenvalue weighted by molar-refractivity contribution is 7.48. The maximum Gasteiger partial charge on any atom is 0.510 e. The van der Waals surface area contributed by atoms with Gasteiger partial charge in [-0.3, -0.25) is 4.52 Å². The van der Waals surface area contributed by atoms with Crippen molar-refractivity contribution in [3.63, 3.8) is 0 Å². The van der Waals surface area contributed by atoms with Gasteiger partial charge in [-0.15, -0.1) is 0 Å². The smallest absolute Gasteiger partial charge is 0.432 e. The highest BCUT2D eigenvalue weighted by Crippen LogP contribution is 2.53. The fourth-order valence-electron chi connectivity index (χ4n) is 1.20. The highest BCUT2D eigenvalue weighted by atomic mass is 31.2. The van der Waals surface area contributed by atoms with Gasteiger partial charge < -0.3 is 29.2 Å². The largest absolute Gasteiger partial charge is 0.510 e. The molecular formula is C13H22B2FO12P. The van der Waals surface area contributed by atoms with Crippen LogP contribution in [0.15, 0.2) is 0 Å². The van der Waals surface area contributed by atoms with Crippen molar-refractivity contribution in [3.8, 4) is 0 Å². The molecule has 0 aliphatic heterocycles. The summed E-state index contributed by atoms with van der Waals surface area (Å²) in [4.78, 5) is 22.5. The number of carbonyl (C=O) groups excluding carboxylic acids is 2. The molecule has 0 saturated heterocycles. The average Bonchev–Trinajstić information content (AvgIpc) is 2.52. The van der Waals surface area contributed by atoms with Gasteiger partial charge in [0.2, 0.25) is 19.4 Å². The zero-order valence-electron chi connectivity index (χ0n) is 16.2. The van der Waals surface area contributed by atoms with Crippen LogP contribution in [0.5, 0.6) is 0 Å². The van der Waals surface area contributed by atoms with Crippen LogP contribution < -0.4 is 0 Å². The van der Waals surface area contributed by atoms with Crippen molar-refractivity contribution in [2.45, 2.75) is 51.2 Å². The molecule has 0 aliphatic carbocycles. The number of halogens is 1. The topological polar surface area (TPSA) is 156 Å². The molecule has 2 N–H and O–H groups in total. The highest BCUT2D eigenvalue weighted by Gasteiger charge is 2.49. The first-order valence-corrected chi connectivity index (χ1v) is 9.46. The van der Waals surface area contributed by atoms with E-state index in [-0.39, 0.29) is 0 Å². The lowest BCUT2D eigenvalue weighted by Crippen LogP contribution is -2.56. The lowest BCUT2D eigenvalue weighted by atomic mass is 9.61. The van der Waals surface area contributed by atoms with Crippen molar-refractivity contribution < 1.29 is 61.3 Å². The summed E-state index contributed by atoms with van der Waals surface area (Å²) >= 11 is 0. The summed E-state index contributed by atoms with van der Waals surface area (Å²) in [5.41, 5.74) is 0. The van der Waals surface area contributed by atoms with Crippen molar-refractivity contribution in [3.05, 3.63) is 0 Å². The van der Waals surface area contributed by atoms with Gasteiger partial charge in [-0.05, 0) is 27.7 Å². The second-order valence-corrected chi connectivity index (χ2v) is 7.46. The molecule has 16 heteroatoms. The van der Waals surface area contributed by atoms with Gasteiger partial charge in [0, 0.05) is 0 Å². The number of aliphatic hydroxyl groups is 2. The van der Waals surface area contributed by atoms with Crippen molar-refractivity contribution >= 4 is 35.8 Å². The lowest BCUT2D eigenvalue weighted by Gasteiger charge is -2.37. The molecule has 0 aromatic carbocycles. The van der Waals surface area contributed by atoms with Crippen molar-refractivity contribution in [2.24, 2.45) is 0 Å². The van der Waals surface area contributed by atoms with E-state index in [9.17, 15) is 23.7 Å². The number of hydrogen-bond acceptors (Lipinski definition) is 12. The number of alkyl halides is 1. The Balaban J connectivity index is 5.09. The molecule has 164 valence electrons. The summed E-state index contributed by atoms with van der Waals surface area (Å²) in [6.45, 7) is 2.15. The van der Waals surface area contributed by atoms with Crippen LogP contribution >= 0.6 is 7.82 Å². The van der Waals surface area contributed by atoms with Gasteiger partial charge in [0.15, 0.2) is 0 Å². The first kappa shape index (κ1) is 27.6. The van der Waals surface area contributed by atoms with E-state index < -0.39 is 63.8 Å². The van der Waals surface area contributed by atoms with Gasteiger partial charge in [0.05, 0.1) is 17.6 Å². The molecule has 0 spiro atoms. The molecule has 0 aliphatic rings. The number of aliphatic hydroxyl groups excluding tert-OH is 1. The van der Waals surface area contributed by atoms with Crippen LogP contribution in [0.1, 0.15) is 27.7 Å². The van der Waals surface area contributed by atoms with E-state index in [1.54, 1.807) is 0 Å². The molecular weight excluding hydrogens is 420 g/mol. The Hall–Kier alpha value is -1.37. The Morgan fingerprint density at radius 1 is 1.00 bits per heavy atom. The van der Waals surface area contributed by atoms with Gasteiger partial charge in [-0.25, -0.2) is 27.6 Å². The summed E-state index contributed by atoms with van der Waals surface area (Å²) in [5, 5.41) is 14.8. The van der Waals surface area contributed by atoms with Crippen LogP contribution in [0.4, 0.5) is 14.0 Å². The first-order valence-electron chi connectivity index (χ1n) is 8.00. The van der Waals surface area contributed by atoms with Crippen molar-refractivity contribution in [1.29, 1.82) is 0 Å². The Bertz CT molecular complexity index is 554. The molecule has 0 amide bonds. The number of phosphoric ester groups is 1. The van der Waals surface area contributed by atoms with Crippen LogP contribution in [-0.4, -0.2) is 81.9 Å². The SMILES string of the molecule is [B]C([B])(OP(=O)(OCOC(=O)OC(C)C)OCOC(=O)OC(C)C)[C@](O)(F)CO. The van der Waals surface area contributed by atoms with E-state index in [4.69, 9.17) is 20.8 Å². The third-order valence-corrected chi connectivity index (χ3v) is 3.88. The van der Waals surface area contributed by atoms with Crippen molar-refractivity contribution in [1.82, 2.24) is 0 Å². The summed E-state index contributed by atoms with van der Waals surface area (Å²) in [6.07, 6.45) is -3.55. The van der Waals surface area contributed by atoms with E-state index in [1.807, 2.05) is 0 Å². The predicted octanol–water partition coefficient (Wildman–Crippen LogP) is 0.824. The van der Waals surface area contributed by atoms with E-state index in [1.165, 1.54) is 27.7 Å². The van der Waals surface area contributed by atoms with Crippen molar-refractivity contribution in [2.75, 3.05) is 20.2 Å². The molecule has 0 bridgehead atoms. The van der Waals surface area contributed by atoms with Crippen LogP contribution in [0.25, 0.3) is 0 Å². The second kappa shape index (κ2) is 11.7. The average molecular weight is 442 g/mol. The van der Waals surface area contributed by atoms with Gasteiger partial charge >= 0.3 is 20.1 Å². The predicted molar refractivity (Wildman–Crippen MR) is 93.4 cm³/mol. The van der Waals surface area contributed by atoms with Crippen LogP contribution in [-0.2, 0) is 37.1 Å². The molecule has 29 heavy (non-hydrogen) atoms. The third kappa shape index (κ3) is 10.8. The standard InChI is InChI=1S/C13H22B2FO12P/c1-8(2)26-10(18)22-6-24-29(21,25-7-23-11(19)27-9(3)4)28-13(14,15)12(16,20)5-17/h8-9,17,20H,5-7H2,1-4H3/t12-/m0/s1. The number of ether oxygens (including phenoxy) is 4. The van der Waals surface area contributed by atoms with Crippen LogP contribution in [0.3, 0.4) is 0 Å². The minimum absolute atomic E-state index is 0.547. The second-order valence-electron chi connectivity index (χ2n) is 5.86. The molecule has 1 atom stereocenters. The molecule has 12 nitrogen and oxygen atoms in total. The zero-order valence-corrected chi connectivity index (χ0v) is 17.1. The molecule has 0 aromatic rings. The molecule has 0 unspecified atom stereocenters. The van der Waals surface area contributed by atoms with E-state index in [0.29, 0.717) is 0 Å². The Morgan fingerprint density at radius 3 is 1.69 bits per heavy atom. The minimum Gasteiger partial charge on any atom is -0.432 e. The Labute approximate surface area is 169 Å². The lowest BCUT2D eigenvalue weighted by molar-refractivity contribution is -0.182. The normalized spacial score (nSPS) is 14.4. The number of hydrogen-bond donors (Lipinski definition) is 2. The van der Waals surface area contributed by atoms with Gasteiger partial charge in [-0.2, -0.15) is 0 Å². The van der Waals surface area contributed by atoms with E-state index in [2.05, 4.69) is 32.5 Å². The number of rotatable bonds is 12. The summed E-state index contributed by atoms with van der Waals surface area (Å²) in [5.74, 6) is -3.80. The number of carbonyl (C=O) groups is 2. The maximum atomic E-state index is 13.8. The van der Waals surface area contributed by atoms with Gasteiger partial charge in [-0.1, -0.05) is 0 Å². The zero-order chi connectivity index (χ0) is 22.9. The first-order chi connectivity index (χ1) is 13.1. The van der Waals surface area contributed by atoms with Gasteiger partial charge in [0.1, 0.15) is 22.3 Å².